The first-order valence-electron chi connectivity index (χ1n) is 4.35. The van der Waals surface area contributed by atoms with Crippen LogP contribution in [0.3, 0.4) is 0 Å². The summed E-state index contributed by atoms with van der Waals surface area (Å²) in [6, 6.07) is 8.54. The number of rotatable bonds is 1. The Morgan fingerprint density at radius 2 is 1.58 bits per heavy atom. The Balaban J connectivity index is 0.000000561. The summed E-state index contributed by atoms with van der Waals surface area (Å²) in [6.45, 7) is 6.61. The maximum Gasteiger partial charge on any atom is -0.0195 e. The van der Waals surface area contributed by atoms with E-state index in [1.807, 2.05) is 0 Å². The number of benzene rings is 1. The van der Waals surface area contributed by atoms with Crippen LogP contribution in [0.25, 0.3) is 0 Å². The molecular weight excluding hydrogens is 146 g/mol. The SMILES string of the molecule is CN.Cc1ccccc1C(C)C. The third kappa shape index (κ3) is 3.05. The van der Waals surface area contributed by atoms with Crippen LogP contribution in [-0.4, -0.2) is 7.05 Å². The topological polar surface area (TPSA) is 26.0 Å². The smallest absolute Gasteiger partial charge is 0.0195 e. The van der Waals surface area contributed by atoms with E-state index in [1.165, 1.54) is 18.2 Å². The average molecular weight is 165 g/mol. The molecule has 0 aliphatic carbocycles. The standard InChI is InChI=1S/C10H14.CH5N/c1-8(2)10-7-5-4-6-9(10)3;1-2/h4-8H,1-3H3;2H2,1H3. The Hall–Kier alpha value is -0.820. The highest BCUT2D eigenvalue weighted by atomic mass is 14.4. The van der Waals surface area contributed by atoms with Gasteiger partial charge in [0.05, 0.1) is 0 Å². The lowest BCUT2D eigenvalue weighted by molar-refractivity contribution is 0.856. The van der Waals surface area contributed by atoms with Crippen molar-refractivity contribution in [2.24, 2.45) is 5.73 Å². The predicted octanol–water partition coefficient (Wildman–Crippen LogP) is 2.69. The van der Waals surface area contributed by atoms with Crippen molar-refractivity contribution in [2.75, 3.05) is 7.05 Å². The normalized spacial score (nSPS) is 9.17. The highest BCUT2D eigenvalue weighted by Gasteiger charge is 1.99. The third-order valence-electron chi connectivity index (χ3n) is 1.81. The molecule has 0 heterocycles. The molecule has 0 aliphatic rings. The second-order valence-electron chi connectivity index (χ2n) is 3.01. The number of nitrogens with two attached hydrogens (primary N) is 1. The fraction of sp³-hybridized carbons (Fsp3) is 0.455. The zero-order valence-electron chi connectivity index (χ0n) is 8.46. The van der Waals surface area contributed by atoms with Crippen LogP contribution in [0.5, 0.6) is 0 Å². The van der Waals surface area contributed by atoms with Gasteiger partial charge in [0.1, 0.15) is 0 Å². The number of aryl methyl sites for hydroxylation is 1. The molecule has 0 bridgehead atoms. The summed E-state index contributed by atoms with van der Waals surface area (Å²) < 4.78 is 0. The summed E-state index contributed by atoms with van der Waals surface area (Å²) in [5, 5.41) is 0. The Bertz CT molecular complexity index is 216. The van der Waals surface area contributed by atoms with E-state index in [1.54, 1.807) is 0 Å². The van der Waals surface area contributed by atoms with Crippen LogP contribution in [0.1, 0.15) is 30.9 Å². The van der Waals surface area contributed by atoms with Gasteiger partial charge in [-0.05, 0) is 31.0 Å². The molecule has 1 nitrogen and oxygen atoms in total. The van der Waals surface area contributed by atoms with Crippen LogP contribution >= 0.6 is 0 Å². The molecular formula is C11H19N. The molecule has 0 radical (unpaired) electrons. The van der Waals surface area contributed by atoms with Crippen molar-refractivity contribution >= 4 is 0 Å². The van der Waals surface area contributed by atoms with E-state index in [-0.39, 0.29) is 0 Å². The van der Waals surface area contributed by atoms with Gasteiger partial charge in [0.2, 0.25) is 0 Å². The third-order valence-corrected chi connectivity index (χ3v) is 1.81. The Morgan fingerprint density at radius 1 is 1.08 bits per heavy atom. The zero-order valence-corrected chi connectivity index (χ0v) is 8.46. The van der Waals surface area contributed by atoms with Gasteiger partial charge in [-0.25, -0.2) is 0 Å². The Kier molecular flexibility index (Phi) is 5.39. The zero-order chi connectivity index (χ0) is 9.56. The number of hydrogen-bond donors (Lipinski definition) is 1. The van der Waals surface area contributed by atoms with E-state index >= 15 is 0 Å². The second kappa shape index (κ2) is 5.78. The molecule has 0 aromatic heterocycles. The fourth-order valence-electron chi connectivity index (χ4n) is 1.23. The summed E-state index contributed by atoms with van der Waals surface area (Å²) in [5.41, 5.74) is 7.36. The quantitative estimate of drug-likeness (QED) is 0.680. The molecule has 0 fully saturated rings. The largest absolute Gasteiger partial charge is 0.333 e. The summed E-state index contributed by atoms with van der Waals surface area (Å²) in [6.07, 6.45) is 0. The molecule has 1 heteroatoms. The van der Waals surface area contributed by atoms with E-state index in [0.29, 0.717) is 5.92 Å². The van der Waals surface area contributed by atoms with Gasteiger partial charge in [-0.15, -0.1) is 0 Å². The van der Waals surface area contributed by atoms with Gasteiger partial charge >= 0.3 is 0 Å². The van der Waals surface area contributed by atoms with Gasteiger partial charge in [0, 0.05) is 0 Å². The molecule has 1 rings (SSSR count). The second-order valence-corrected chi connectivity index (χ2v) is 3.01. The van der Waals surface area contributed by atoms with Gasteiger partial charge < -0.3 is 5.73 Å². The van der Waals surface area contributed by atoms with Crippen molar-refractivity contribution < 1.29 is 0 Å². The van der Waals surface area contributed by atoms with Crippen molar-refractivity contribution in [1.82, 2.24) is 0 Å². The lowest BCUT2D eigenvalue weighted by Gasteiger charge is -2.07. The first kappa shape index (κ1) is 11.2. The maximum atomic E-state index is 4.50. The van der Waals surface area contributed by atoms with E-state index in [4.69, 9.17) is 0 Å². The van der Waals surface area contributed by atoms with Crippen LogP contribution in [0, 0.1) is 6.92 Å². The Labute approximate surface area is 75.6 Å². The van der Waals surface area contributed by atoms with Crippen LogP contribution < -0.4 is 5.73 Å². The average Bonchev–Trinajstić information content (AvgIpc) is 2.08. The van der Waals surface area contributed by atoms with E-state index in [0.717, 1.165) is 0 Å². The van der Waals surface area contributed by atoms with Gasteiger partial charge in [-0.1, -0.05) is 38.1 Å². The Morgan fingerprint density at radius 3 is 1.92 bits per heavy atom. The first-order valence-corrected chi connectivity index (χ1v) is 4.35. The van der Waals surface area contributed by atoms with Crippen molar-refractivity contribution in [3.8, 4) is 0 Å². The predicted molar refractivity (Wildman–Crippen MR) is 55.4 cm³/mol. The lowest BCUT2D eigenvalue weighted by atomic mass is 9.99. The van der Waals surface area contributed by atoms with Gasteiger partial charge in [0.25, 0.3) is 0 Å². The van der Waals surface area contributed by atoms with Crippen LogP contribution in [0.2, 0.25) is 0 Å². The minimum absolute atomic E-state index is 0.654. The molecule has 68 valence electrons. The summed E-state index contributed by atoms with van der Waals surface area (Å²) in [7, 11) is 1.50. The summed E-state index contributed by atoms with van der Waals surface area (Å²) in [4.78, 5) is 0. The summed E-state index contributed by atoms with van der Waals surface area (Å²) >= 11 is 0. The highest BCUT2D eigenvalue weighted by Crippen LogP contribution is 2.17. The minimum Gasteiger partial charge on any atom is -0.333 e. The monoisotopic (exact) mass is 165 g/mol. The van der Waals surface area contributed by atoms with Crippen LogP contribution in [0.15, 0.2) is 24.3 Å². The van der Waals surface area contributed by atoms with Gasteiger partial charge in [-0.3, -0.25) is 0 Å². The maximum absolute atomic E-state index is 4.50. The fourth-order valence-corrected chi connectivity index (χ4v) is 1.23. The van der Waals surface area contributed by atoms with Gasteiger partial charge in [-0.2, -0.15) is 0 Å². The highest BCUT2D eigenvalue weighted by molar-refractivity contribution is 5.27. The molecule has 0 saturated heterocycles. The molecule has 0 saturated carbocycles. The van der Waals surface area contributed by atoms with Crippen LogP contribution in [-0.2, 0) is 0 Å². The molecule has 1 aromatic carbocycles. The molecule has 0 unspecified atom stereocenters. The van der Waals surface area contributed by atoms with Crippen LogP contribution in [0.4, 0.5) is 0 Å². The lowest BCUT2D eigenvalue weighted by Crippen LogP contribution is -1.89. The molecule has 2 N–H and O–H groups in total. The molecule has 0 spiro atoms. The molecule has 12 heavy (non-hydrogen) atoms. The van der Waals surface area contributed by atoms with Gasteiger partial charge in [0.15, 0.2) is 0 Å². The van der Waals surface area contributed by atoms with E-state index in [2.05, 4.69) is 50.8 Å². The first-order chi connectivity index (χ1) is 5.72. The van der Waals surface area contributed by atoms with Crippen molar-refractivity contribution in [1.29, 1.82) is 0 Å². The molecule has 0 aliphatic heterocycles. The molecule has 0 amide bonds. The minimum atomic E-state index is 0.654. The molecule has 1 aromatic rings. The van der Waals surface area contributed by atoms with E-state index < -0.39 is 0 Å². The number of hydrogen-bond acceptors (Lipinski definition) is 1. The van der Waals surface area contributed by atoms with Crippen molar-refractivity contribution in [3.05, 3.63) is 35.4 Å². The molecule has 0 atom stereocenters. The van der Waals surface area contributed by atoms with Crippen molar-refractivity contribution in [3.63, 3.8) is 0 Å². The summed E-state index contributed by atoms with van der Waals surface area (Å²) in [5.74, 6) is 0.654. The van der Waals surface area contributed by atoms with Crippen molar-refractivity contribution in [2.45, 2.75) is 26.7 Å². The van der Waals surface area contributed by atoms with E-state index in [9.17, 15) is 0 Å².